The fourth-order valence-electron chi connectivity index (χ4n) is 2.60. The number of carbonyl (C=O) groups is 1. The van der Waals surface area contributed by atoms with Crippen LogP contribution in [0.15, 0.2) is 30.3 Å². The molecule has 0 bridgehead atoms. The van der Waals surface area contributed by atoms with Gasteiger partial charge in [0, 0.05) is 6.54 Å². The van der Waals surface area contributed by atoms with Gasteiger partial charge < -0.3 is 15.4 Å². The Labute approximate surface area is 135 Å². The molecule has 2 aromatic rings. The first kappa shape index (κ1) is 16.3. The Morgan fingerprint density at radius 1 is 1.33 bits per heavy atom. The van der Waals surface area contributed by atoms with Crippen LogP contribution in [0, 0.1) is 0 Å². The number of carbonyl (C=O) groups excluding carboxylic acids is 1. The summed E-state index contributed by atoms with van der Waals surface area (Å²) in [5, 5.41) is 6.36. The monoisotopic (exact) mass is 340 g/mol. The first-order valence-corrected chi connectivity index (χ1v) is 7.25. The number of aromatic nitrogens is 2. The zero-order valence-corrected chi connectivity index (χ0v) is 12.5. The Kier molecular flexibility index (Phi) is 4.18. The van der Waals surface area contributed by atoms with Crippen LogP contribution < -0.4 is 5.73 Å². The van der Waals surface area contributed by atoms with E-state index in [1.54, 1.807) is 30.3 Å². The van der Waals surface area contributed by atoms with Gasteiger partial charge in [0.25, 0.3) is 5.91 Å². The van der Waals surface area contributed by atoms with Crippen LogP contribution in [0.5, 0.6) is 0 Å². The van der Waals surface area contributed by atoms with Crippen molar-refractivity contribution >= 4 is 11.7 Å². The third kappa shape index (κ3) is 3.07. The van der Waals surface area contributed by atoms with Crippen molar-refractivity contribution in [2.24, 2.45) is 0 Å². The quantitative estimate of drug-likeness (QED) is 0.876. The molecule has 1 aromatic heterocycles. The summed E-state index contributed by atoms with van der Waals surface area (Å²) in [5.74, 6) is -0.471. The minimum atomic E-state index is -4.52. The molecule has 1 fully saturated rings. The zero-order valence-electron chi connectivity index (χ0n) is 12.5. The maximum absolute atomic E-state index is 12.8. The number of halogens is 3. The lowest BCUT2D eigenvalue weighted by atomic mass is 10.0. The van der Waals surface area contributed by atoms with Gasteiger partial charge in [0.15, 0.2) is 11.9 Å². The number of benzene rings is 1. The maximum atomic E-state index is 12.8. The number of morpholine rings is 1. The molecule has 1 aromatic carbocycles. The van der Waals surface area contributed by atoms with E-state index in [0.29, 0.717) is 11.1 Å². The summed E-state index contributed by atoms with van der Waals surface area (Å²) >= 11 is 0. The molecule has 1 saturated heterocycles. The van der Waals surface area contributed by atoms with Crippen molar-refractivity contribution in [3.05, 3.63) is 36.0 Å². The molecule has 0 spiro atoms. The van der Waals surface area contributed by atoms with Crippen molar-refractivity contribution in [2.75, 3.05) is 25.4 Å². The summed E-state index contributed by atoms with van der Waals surface area (Å²) in [6.07, 6.45) is -6.51. The van der Waals surface area contributed by atoms with Gasteiger partial charge in [-0.15, -0.1) is 0 Å². The van der Waals surface area contributed by atoms with Gasteiger partial charge in [0.1, 0.15) is 5.69 Å². The molecular weight excluding hydrogens is 325 g/mol. The number of alkyl halides is 3. The molecule has 1 atom stereocenters. The van der Waals surface area contributed by atoms with Crippen LogP contribution in [0.1, 0.15) is 10.5 Å². The number of nitrogen functional groups attached to an aromatic ring is 1. The number of rotatable bonds is 2. The summed E-state index contributed by atoms with van der Waals surface area (Å²) in [6.45, 7) is -0.672. The average Bonchev–Trinajstić information content (AvgIpc) is 2.96. The maximum Gasteiger partial charge on any atom is 0.416 e. The van der Waals surface area contributed by atoms with Gasteiger partial charge in [-0.2, -0.15) is 18.3 Å². The number of H-pyrrole nitrogens is 1. The van der Waals surface area contributed by atoms with E-state index in [9.17, 15) is 18.0 Å². The molecular formula is C15H15F3N4O2. The predicted octanol–water partition coefficient (Wildman–Crippen LogP) is 2.06. The second-order valence-electron chi connectivity index (χ2n) is 5.38. The molecule has 128 valence electrons. The van der Waals surface area contributed by atoms with Crippen LogP contribution in [0.4, 0.5) is 19.0 Å². The molecule has 3 N–H and O–H groups in total. The van der Waals surface area contributed by atoms with Gasteiger partial charge in [-0.3, -0.25) is 9.89 Å². The molecule has 24 heavy (non-hydrogen) atoms. The van der Waals surface area contributed by atoms with Crippen LogP contribution >= 0.6 is 0 Å². The number of hydrogen-bond acceptors (Lipinski definition) is 4. The molecule has 2 heterocycles. The molecule has 1 aliphatic rings. The molecule has 0 radical (unpaired) electrons. The first-order valence-electron chi connectivity index (χ1n) is 7.25. The zero-order chi connectivity index (χ0) is 17.3. The summed E-state index contributed by atoms with van der Waals surface area (Å²) in [6, 6.07) is 8.83. The lowest BCUT2D eigenvalue weighted by Crippen LogP contribution is -2.51. The molecule has 9 heteroatoms. The van der Waals surface area contributed by atoms with Crippen molar-refractivity contribution in [3.8, 4) is 11.1 Å². The lowest BCUT2D eigenvalue weighted by Gasteiger charge is -2.33. The number of aromatic amines is 1. The number of nitrogens with two attached hydrogens (primary N) is 1. The minimum Gasteiger partial charge on any atom is -0.382 e. The molecule has 1 aliphatic heterocycles. The van der Waals surface area contributed by atoms with Crippen LogP contribution in [-0.2, 0) is 4.74 Å². The van der Waals surface area contributed by atoms with E-state index in [2.05, 4.69) is 10.2 Å². The third-order valence-electron chi connectivity index (χ3n) is 3.79. The van der Waals surface area contributed by atoms with Crippen molar-refractivity contribution in [3.63, 3.8) is 0 Å². The molecule has 1 amide bonds. The summed E-state index contributed by atoms with van der Waals surface area (Å²) < 4.78 is 43.2. The number of nitrogens with one attached hydrogen (secondary N) is 1. The topological polar surface area (TPSA) is 84.2 Å². The van der Waals surface area contributed by atoms with Crippen molar-refractivity contribution in [1.82, 2.24) is 15.1 Å². The molecule has 0 saturated carbocycles. The molecule has 0 aliphatic carbocycles. The fourth-order valence-corrected chi connectivity index (χ4v) is 2.60. The van der Waals surface area contributed by atoms with Gasteiger partial charge in [0.2, 0.25) is 0 Å². The normalized spacial score (nSPS) is 18.6. The van der Waals surface area contributed by atoms with E-state index in [4.69, 9.17) is 10.5 Å². The SMILES string of the molecule is Nc1n[nH]c(C(=O)N2CCOC(C(F)(F)F)C2)c1-c1ccccc1. The van der Waals surface area contributed by atoms with Crippen LogP contribution in [0.25, 0.3) is 11.1 Å². The van der Waals surface area contributed by atoms with Gasteiger partial charge in [-0.25, -0.2) is 0 Å². The Morgan fingerprint density at radius 3 is 2.71 bits per heavy atom. The summed E-state index contributed by atoms with van der Waals surface area (Å²) in [5.41, 5.74) is 6.94. The Morgan fingerprint density at radius 2 is 2.04 bits per heavy atom. The Bertz CT molecular complexity index is 730. The molecule has 3 rings (SSSR count). The Hall–Kier alpha value is -2.55. The molecule has 6 nitrogen and oxygen atoms in total. The highest BCUT2D eigenvalue weighted by Gasteiger charge is 2.44. The largest absolute Gasteiger partial charge is 0.416 e. The number of amides is 1. The lowest BCUT2D eigenvalue weighted by molar-refractivity contribution is -0.233. The van der Waals surface area contributed by atoms with Gasteiger partial charge in [0.05, 0.1) is 18.7 Å². The number of nitrogens with zero attached hydrogens (tertiary/aromatic N) is 2. The summed E-state index contributed by atoms with van der Waals surface area (Å²) in [4.78, 5) is 13.8. The van der Waals surface area contributed by atoms with Gasteiger partial charge in [-0.05, 0) is 5.56 Å². The Balaban J connectivity index is 1.89. The second kappa shape index (κ2) is 6.16. The highest BCUT2D eigenvalue weighted by atomic mass is 19.4. The average molecular weight is 340 g/mol. The van der Waals surface area contributed by atoms with E-state index < -0.39 is 24.7 Å². The van der Waals surface area contributed by atoms with E-state index in [1.165, 1.54) is 0 Å². The predicted molar refractivity (Wildman–Crippen MR) is 80.1 cm³/mol. The van der Waals surface area contributed by atoms with Crippen molar-refractivity contribution < 1.29 is 22.7 Å². The number of anilines is 1. The second-order valence-corrected chi connectivity index (χ2v) is 5.38. The van der Waals surface area contributed by atoms with E-state index in [1.807, 2.05) is 0 Å². The summed E-state index contributed by atoms with van der Waals surface area (Å²) in [7, 11) is 0. The first-order chi connectivity index (χ1) is 11.4. The number of ether oxygens (including phenoxy) is 1. The number of hydrogen-bond donors (Lipinski definition) is 2. The smallest absolute Gasteiger partial charge is 0.382 e. The molecule has 1 unspecified atom stereocenters. The van der Waals surface area contributed by atoms with Crippen LogP contribution in [0.3, 0.4) is 0 Å². The third-order valence-corrected chi connectivity index (χ3v) is 3.79. The minimum absolute atomic E-state index is 0.0680. The fraction of sp³-hybridized carbons (Fsp3) is 0.333. The highest BCUT2D eigenvalue weighted by Crippen LogP contribution is 2.30. The van der Waals surface area contributed by atoms with Crippen LogP contribution in [-0.4, -0.2) is 53.0 Å². The van der Waals surface area contributed by atoms with E-state index in [0.717, 1.165) is 4.90 Å². The standard InChI is InChI=1S/C15H15F3N4O2/c16-15(17,18)10-8-22(6-7-24-10)14(23)12-11(13(19)21-20-12)9-4-2-1-3-5-9/h1-5,10H,6-8H2,(H3,19,20,21). The van der Waals surface area contributed by atoms with Crippen LogP contribution in [0.2, 0.25) is 0 Å². The van der Waals surface area contributed by atoms with Crippen molar-refractivity contribution in [2.45, 2.75) is 12.3 Å². The van der Waals surface area contributed by atoms with E-state index >= 15 is 0 Å². The highest BCUT2D eigenvalue weighted by molar-refractivity contribution is 6.01. The van der Waals surface area contributed by atoms with E-state index in [-0.39, 0.29) is 24.7 Å². The van der Waals surface area contributed by atoms with Gasteiger partial charge in [-0.1, -0.05) is 30.3 Å². The van der Waals surface area contributed by atoms with Gasteiger partial charge >= 0.3 is 6.18 Å². The van der Waals surface area contributed by atoms with Crippen molar-refractivity contribution in [1.29, 1.82) is 0 Å².